The lowest BCUT2D eigenvalue weighted by molar-refractivity contribution is 0.419. The van der Waals surface area contributed by atoms with Crippen molar-refractivity contribution in [2.24, 2.45) is 0 Å². The maximum absolute atomic E-state index is 13.8. The number of hydrogen-bond acceptors (Lipinski definition) is 3. The lowest BCUT2D eigenvalue weighted by Gasteiger charge is -2.50. The second-order valence-corrected chi connectivity index (χ2v) is 7.74. The monoisotopic (exact) mass is 315 g/mol. The minimum absolute atomic E-state index is 0.115. The number of pyridine rings is 1. The molecule has 0 aliphatic carbocycles. The molecule has 4 unspecified atom stereocenters. The molecule has 0 fully saturated rings. The summed E-state index contributed by atoms with van der Waals surface area (Å²) in [4.78, 5) is 9.11. The molecule has 4 atom stereocenters. The van der Waals surface area contributed by atoms with E-state index in [1.807, 2.05) is 18.3 Å². The van der Waals surface area contributed by atoms with Gasteiger partial charge in [0.05, 0.1) is 5.69 Å². The van der Waals surface area contributed by atoms with E-state index in [1.165, 1.54) is 6.07 Å². The lowest BCUT2D eigenvalue weighted by atomic mass is 9.80. The standard InChI is InChI=1S/C17H19FN3P/c1-10-12-9-11(18)6-7-13(12)21-15-14(5-4-8-19-15)20(3)16(21)17(10,2)22/h4-10,16H,22H2,1-3H3. The van der Waals surface area contributed by atoms with Gasteiger partial charge in [0.2, 0.25) is 0 Å². The van der Waals surface area contributed by atoms with Crippen LogP contribution >= 0.6 is 9.24 Å². The summed E-state index contributed by atoms with van der Waals surface area (Å²) in [6.45, 7) is 4.39. The predicted octanol–water partition coefficient (Wildman–Crippen LogP) is 3.89. The molecule has 114 valence electrons. The number of hydrogen-bond donors (Lipinski definition) is 0. The van der Waals surface area contributed by atoms with E-state index in [0.29, 0.717) is 0 Å². The molecule has 2 aromatic rings. The van der Waals surface area contributed by atoms with Crippen LogP contribution in [0.25, 0.3) is 0 Å². The molecule has 0 spiro atoms. The highest BCUT2D eigenvalue weighted by atomic mass is 31.0. The van der Waals surface area contributed by atoms with Crippen LogP contribution in [0, 0.1) is 5.82 Å². The van der Waals surface area contributed by atoms with Crippen molar-refractivity contribution in [2.45, 2.75) is 31.1 Å². The Labute approximate surface area is 132 Å². The molecule has 4 rings (SSSR count). The van der Waals surface area contributed by atoms with Gasteiger partial charge in [0.1, 0.15) is 12.0 Å². The van der Waals surface area contributed by atoms with E-state index < -0.39 is 0 Å². The van der Waals surface area contributed by atoms with Gasteiger partial charge in [-0.15, -0.1) is 9.24 Å². The third kappa shape index (κ3) is 1.62. The van der Waals surface area contributed by atoms with Gasteiger partial charge in [0, 0.05) is 24.1 Å². The Kier molecular flexibility index (Phi) is 2.80. The van der Waals surface area contributed by atoms with E-state index in [4.69, 9.17) is 0 Å². The molecule has 0 N–H and O–H groups in total. The molecule has 2 aliphatic rings. The van der Waals surface area contributed by atoms with Gasteiger partial charge in [-0.25, -0.2) is 9.37 Å². The van der Waals surface area contributed by atoms with Gasteiger partial charge in [-0.3, -0.25) is 0 Å². The molecule has 0 amide bonds. The van der Waals surface area contributed by atoms with Crippen LogP contribution in [-0.4, -0.2) is 23.4 Å². The Hall–Kier alpha value is -1.67. The summed E-state index contributed by atoms with van der Waals surface area (Å²) in [6.07, 6.45) is 1.96. The Morgan fingerprint density at radius 1 is 1.27 bits per heavy atom. The Bertz CT molecular complexity index is 761. The highest BCUT2D eigenvalue weighted by Crippen LogP contribution is 2.56. The van der Waals surface area contributed by atoms with Crippen molar-refractivity contribution in [2.75, 3.05) is 16.8 Å². The molecule has 3 heterocycles. The number of nitrogens with zero attached hydrogens (tertiary/aromatic N) is 3. The zero-order valence-corrected chi connectivity index (χ0v) is 14.1. The van der Waals surface area contributed by atoms with Crippen LogP contribution in [0.1, 0.15) is 25.3 Å². The van der Waals surface area contributed by atoms with E-state index in [1.54, 1.807) is 6.07 Å². The molecule has 22 heavy (non-hydrogen) atoms. The minimum atomic E-state index is -0.182. The zero-order valence-electron chi connectivity index (χ0n) is 12.9. The molecular formula is C17H19FN3P. The van der Waals surface area contributed by atoms with Gasteiger partial charge in [0.15, 0.2) is 5.82 Å². The molecule has 3 nitrogen and oxygen atoms in total. The van der Waals surface area contributed by atoms with Crippen molar-refractivity contribution in [3.05, 3.63) is 47.9 Å². The lowest BCUT2D eigenvalue weighted by Crippen LogP contribution is -2.57. The number of anilines is 3. The van der Waals surface area contributed by atoms with Crippen molar-refractivity contribution >= 4 is 26.4 Å². The SMILES string of the molecule is CC1c2cc(F)ccc2N2c3ncccc3N(C)C2C1(C)P. The summed E-state index contributed by atoms with van der Waals surface area (Å²) < 4.78 is 13.8. The minimum Gasteiger partial charge on any atom is -0.350 e. The first-order chi connectivity index (χ1) is 10.4. The molecule has 2 aliphatic heterocycles. The summed E-state index contributed by atoms with van der Waals surface area (Å²) in [5.74, 6) is 0.989. The second kappa shape index (κ2) is 4.42. The van der Waals surface area contributed by atoms with E-state index >= 15 is 0 Å². The number of aromatic nitrogens is 1. The van der Waals surface area contributed by atoms with Gasteiger partial charge in [-0.2, -0.15) is 0 Å². The molecule has 0 radical (unpaired) electrons. The van der Waals surface area contributed by atoms with Crippen molar-refractivity contribution in [1.29, 1.82) is 0 Å². The Balaban J connectivity index is 2.02. The number of fused-ring (bicyclic) bond motifs is 5. The smallest absolute Gasteiger partial charge is 0.158 e. The summed E-state index contributed by atoms with van der Waals surface area (Å²) in [5, 5.41) is -0.115. The molecule has 0 saturated heterocycles. The summed E-state index contributed by atoms with van der Waals surface area (Å²) in [6, 6.07) is 9.14. The van der Waals surface area contributed by atoms with Crippen molar-refractivity contribution in [1.82, 2.24) is 4.98 Å². The maximum Gasteiger partial charge on any atom is 0.158 e. The highest BCUT2D eigenvalue weighted by molar-refractivity contribution is 7.19. The quantitative estimate of drug-likeness (QED) is 0.688. The number of rotatable bonds is 0. The fourth-order valence-electron chi connectivity index (χ4n) is 3.86. The van der Waals surface area contributed by atoms with Crippen molar-refractivity contribution < 1.29 is 4.39 Å². The molecule has 1 aromatic carbocycles. The average Bonchev–Trinajstić information content (AvgIpc) is 2.80. The predicted molar refractivity (Wildman–Crippen MR) is 91.5 cm³/mol. The van der Waals surface area contributed by atoms with Gasteiger partial charge in [-0.1, -0.05) is 13.8 Å². The van der Waals surface area contributed by atoms with Crippen LogP contribution in [0.3, 0.4) is 0 Å². The first-order valence-corrected chi connectivity index (χ1v) is 8.06. The van der Waals surface area contributed by atoms with Gasteiger partial charge < -0.3 is 9.80 Å². The molecule has 0 saturated carbocycles. The van der Waals surface area contributed by atoms with Gasteiger partial charge >= 0.3 is 0 Å². The Morgan fingerprint density at radius 2 is 2.05 bits per heavy atom. The molecule has 0 bridgehead atoms. The number of benzene rings is 1. The summed E-state index contributed by atoms with van der Waals surface area (Å²) in [5.41, 5.74) is 3.22. The molecule has 1 aromatic heterocycles. The topological polar surface area (TPSA) is 19.4 Å². The van der Waals surface area contributed by atoms with Crippen LogP contribution < -0.4 is 9.80 Å². The van der Waals surface area contributed by atoms with Crippen LogP contribution in [0.5, 0.6) is 0 Å². The first kappa shape index (κ1) is 14.0. The fourth-order valence-corrected chi connectivity index (χ4v) is 4.41. The van der Waals surface area contributed by atoms with E-state index in [0.717, 1.165) is 22.8 Å². The first-order valence-electron chi connectivity index (χ1n) is 7.48. The van der Waals surface area contributed by atoms with Crippen molar-refractivity contribution in [3.63, 3.8) is 0 Å². The van der Waals surface area contributed by atoms with Crippen LogP contribution in [0.15, 0.2) is 36.5 Å². The molecule has 5 heteroatoms. The van der Waals surface area contributed by atoms with E-state index in [9.17, 15) is 4.39 Å². The fraction of sp³-hybridized carbons (Fsp3) is 0.353. The second-order valence-electron chi connectivity index (χ2n) is 6.49. The highest BCUT2D eigenvalue weighted by Gasteiger charge is 2.52. The largest absolute Gasteiger partial charge is 0.350 e. The van der Waals surface area contributed by atoms with Crippen LogP contribution in [0.2, 0.25) is 0 Å². The van der Waals surface area contributed by atoms with Crippen LogP contribution in [0.4, 0.5) is 21.6 Å². The normalized spacial score (nSPS) is 29.1. The van der Waals surface area contributed by atoms with Gasteiger partial charge in [0.25, 0.3) is 0 Å². The van der Waals surface area contributed by atoms with E-state index in [2.05, 4.69) is 51.0 Å². The average molecular weight is 315 g/mol. The van der Waals surface area contributed by atoms with Crippen LogP contribution in [-0.2, 0) is 0 Å². The Morgan fingerprint density at radius 3 is 2.82 bits per heavy atom. The third-order valence-electron chi connectivity index (χ3n) is 5.19. The van der Waals surface area contributed by atoms with E-state index in [-0.39, 0.29) is 23.1 Å². The van der Waals surface area contributed by atoms with Crippen molar-refractivity contribution in [3.8, 4) is 0 Å². The molecular weight excluding hydrogens is 296 g/mol. The number of halogens is 1. The zero-order chi connectivity index (χ0) is 15.6. The maximum atomic E-state index is 13.8. The third-order valence-corrected chi connectivity index (χ3v) is 5.99. The summed E-state index contributed by atoms with van der Waals surface area (Å²) in [7, 11) is 5.10. The summed E-state index contributed by atoms with van der Waals surface area (Å²) >= 11 is 0. The van der Waals surface area contributed by atoms with Gasteiger partial charge in [-0.05, 0) is 41.8 Å².